The largest absolute Gasteiger partial charge is 0.506 e. The molecule has 3 aromatic carbocycles. The first-order chi connectivity index (χ1) is 17.9. The molecular weight excluding hydrogens is 490 g/mol. The zero-order valence-electron chi connectivity index (χ0n) is 21.6. The van der Waals surface area contributed by atoms with Crippen molar-refractivity contribution in [3.63, 3.8) is 0 Å². The number of nitrogen functional groups attached to an aromatic ring is 1. The lowest BCUT2D eigenvalue weighted by atomic mass is 10.1. The third-order valence-corrected chi connectivity index (χ3v) is 5.20. The second-order valence-corrected chi connectivity index (χ2v) is 9.28. The maximum absolute atomic E-state index is 12.8. The third-order valence-electron chi connectivity index (χ3n) is 5.20. The minimum atomic E-state index is -1.13. The summed E-state index contributed by atoms with van der Waals surface area (Å²) in [7, 11) is 0. The van der Waals surface area contributed by atoms with Crippen LogP contribution in [0.2, 0.25) is 0 Å². The lowest BCUT2D eigenvalue weighted by Crippen LogP contribution is -2.16. The van der Waals surface area contributed by atoms with Crippen LogP contribution < -0.4 is 25.8 Å². The molecule has 3 rings (SSSR count). The average Bonchev–Trinajstić information content (AvgIpc) is 2.85. The number of nitrogens with one attached hydrogen (secondary N) is 2. The van der Waals surface area contributed by atoms with Crippen molar-refractivity contribution in [3.8, 4) is 17.2 Å². The molecule has 0 heterocycles. The quantitative estimate of drug-likeness (QED) is 0.184. The summed E-state index contributed by atoms with van der Waals surface area (Å²) in [5.74, 6) is -1.66. The van der Waals surface area contributed by atoms with E-state index in [1.165, 1.54) is 48.5 Å². The zero-order valence-corrected chi connectivity index (χ0v) is 21.6. The van der Waals surface area contributed by atoms with E-state index in [9.17, 15) is 24.6 Å². The van der Waals surface area contributed by atoms with Crippen molar-refractivity contribution < 1.29 is 34.1 Å². The van der Waals surface area contributed by atoms with Crippen molar-refractivity contribution in [2.75, 3.05) is 23.0 Å². The molecule has 0 saturated carbocycles. The Morgan fingerprint density at radius 1 is 0.816 bits per heavy atom. The fraction of sp³-hybridized carbons (Fsp3) is 0.250. The topological polar surface area (TPSA) is 160 Å². The smallest absolute Gasteiger partial charge is 0.335 e. The second kappa shape index (κ2) is 12.0. The highest BCUT2D eigenvalue weighted by Crippen LogP contribution is 2.30. The van der Waals surface area contributed by atoms with E-state index in [4.69, 9.17) is 15.2 Å². The number of amides is 2. The number of anilines is 3. The zero-order chi connectivity index (χ0) is 28.0. The summed E-state index contributed by atoms with van der Waals surface area (Å²) < 4.78 is 11.3. The number of carbonyl (C=O) groups is 3. The van der Waals surface area contributed by atoms with Crippen molar-refractivity contribution in [1.29, 1.82) is 0 Å². The van der Waals surface area contributed by atoms with Crippen LogP contribution in [0.25, 0.3) is 0 Å². The maximum Gasteiger partial charge on any atom is 0.335 e. The first-order valence-electron chi connectivity index (χ1n) is 12.0. The van der Waals surface area contributed by atoms with Crippen molar-refractivity contribution in [2.24, 2.45) is 5.92 Å². The number of carboxylic acids is 1. The van der Waals surface area contributed by atoms with Crippen LogP contribution >= 0.6 is 0 Å². The summed E-state index contributed by atoms with van der Waals surface area (Å²) >= 11 is 0. The fourth-order valence-electron chi connectivity index (χ4n) is 3.33. The van der Waals surface area contributed by atoms with Crippen LogP contribution in [0.4, 0.5) is 17.1 Å². The molecule has 6 N–H and O–H groups in total. The van der Waals surface area contributed by atoms with E-state index >= 15 is 0 Å². The Bertz CT molecular complexity index is 1350. The molecule has 0 unspecified atom stereocenters. The number of carbonyl (C=O) groups excluding carboxylic acids is 2. The van der Waals surface area contributed by atoms with Crippen molar-refractivity contribution in [1.82, 2.24) is 0 Å². The standard InChI is InChI=1S/C28H31N3O7/c1-15(2)14-37-24-12-18(5-8-20(24)29)27(34)30-21-9-6-17(11-23(21)32)26(33)31-22-10-7-19(28(35)36)13-25(22)38-16(3)4/h5-13,15-16,32H,14,29H2,1-4H3,(H,30,34)(H,31,33)(H,35,36). The van der Waals surface area contributed by atoms with Crippen LogP contribution in [0.5, 0.6) is 17.2 Å². The molecule has 0 aliphatic carbocycles. The van der Waals surface area contributed by atoms with E-state index in [1.54, 1.807) is 19.9 Å². The van der Waals surface area contributed by atoms with Gasteiger partial charge in [0.25, 0.3) is 11.8 Å². The normalized spacial score (nSPS) is 10.8. The molecule has 0 atom stereocenters. The Morgan fingerprint density at radius 2 is 1.37 bits per heavy atom. The molecule has 2 amide bonds. The van der Waals surface area contributed by atoms with Crippen LogP contribution in [-0.4, -0.2) is 40.7 Å². The molecule has 38 heavy (non-hydrogen) atoms. The predicted molar refractivity (Wildman–Crippen MR) is 144 cm³/mol. The SMILES string of the molecule is CC(C)COc1cc(C(=O)Nc2ccc(C(=O)Nc3ccc(C(=O)O)cc3OC(C)C)cc2O)ccc1N. The number of nitrogens with two attached hydrogens (primary N) is 1. The number of hydrogen-bond acceptors (Lipinski definition) is 7. The summed E-state index contributed by atoms with van der Waals surface area (Å²) in [6, 6.07) is 12.8. The Kier molecular flexibility index (Phi) is 8.80. The number of ether oxygens (including phenoxy) is 2. The Morgan fingerprint density at radius 3 is 1.97 bits per heavy atom. The third kappa shape index (κ3) is 7.16. The number of carboxylic acid groups (broad SMARTS) is 1. The molecule has 0 saturated heterocycles. The van der Waals surface area contributed by atoms with Gasteiger partial charge in [-0.05, 0) is 74.4 Å². The molecule has 200 valence electrons. The van der Waals surface area contributed by atoms with E-state index < -0.39 is 17.8 Å². The Labute approximate surface area is 220 Å². The summed E-state index contributed by atoms with van der Waals surface area (Å²) in [5, 5.41) is 25.0. The van der Waals surface area contributed by atoms with Crippen molar-refractivity contribution in [3.05, 3.63) is 71.3 Å². The number of benzene rings is 3. The van der Waals surface area contributed by atoms with Crippen molar-refractivity contribution >= 4 is 34.8 Å². The first-order valence-corrected chi connectivity index (χ1v) is 12.0. The molecule has 0 bridgehead atoms. The van der Waals surface area contributed by atoms with Gasteiger partial charge in [-0.2, -0.15) is 0 Å². The van der Waals surface area contributed by atoms with Gasteiger partial charge in [0.05, 0.1) is 35.3 Å². The molecule has 0 spiro atoms. The van der Waals surface area contributed by atoms with Crippen LogP contribution in [0.1, 0.15) is 58.8 Å². The maximum atomic E-state index is 12.8. The Hall–Kier alpha value is -4.73. The lowest BCUT2D eigenvalue weighted by Gasteiger charge is -2.16. The molecule has 0 radical (unpaired) electrons. The van der Waals surface area contributed by atoms with E-state index in [0.29, 0.717) is 18.0 Å². The molecule has 0 aromatic heterocycles. The van der Waals surface area contributed by atoms with Crippen LogP contribution in [0.3, 0.4) is 0 Å². The van der Waals surface area contributed by atoms with Gasteiger partial charge in [0.1, 0.15) is 17.2 Å². The molecule has 0 aliphatic rings. The summed E-state index contributed by atoms with van der Waals surface area (Å²) in [6.45, 7) is 7.97. The van der Waals surface area contributed by atoms with E-state index in [-0.39, 0.29) is 51.6 Å². The summed E-state index contributed by atoms with van der Waals surface area (Å²) in [6.07, 6.45) is -0.263. The van der Waals surface area contributed by atoms with Gasteiger partial charge < -0.3 is 36.1 Å². The van der Waals surface area contributed by atoms with E-state index in [1.807, 2.05) is 13.8 Å². The van der Waals surface area contributed by atoms with Gasteiger partial charge in [-0.3, -0.25) is 9.59 Å². The summed E-state index contributed by atoms with van der Waals surface area (Å²) in [5.41, 5.74) is 7.10. The molecule has 0 aliphatic heterocycles. The number of aromatic carboxylic acids is 1. The van der Waals surface area contributed by atoms with Crippen LogP contribution in [-0.2, 0) is 0 Å². The first kappa shape index (κ1) is 27.9. The van der Waals surface area contributed by atoms with Gasteiger partial charge in [-0.1, -0.05) is 13.8 Å². The van der Waals surface area contributed by atoms with E-state index in [0.717, 1.165) is 0 Å². The van der Waals surface area contributed by atoms with Crippen molar-refractivity contribution in [2.45, 2.75) is 33.8 Å². The molecular formula is C28H31N3O7. The van der Waals surface area contributed by atoms with Gasteiger partial charge in [-0.15, -0.1) is 0 Å². The van der Waals surface area contributed by atoms with E-state index in [2.05, 4.69) is 10.6 Å². The number of phenols is 1. The van der Waals surface area contributed by atoms with Gasteiger partial charge >= 0.3 is 5.97 Å². The average molecular weight is 522 g/mol. The van der Waals surface area contributed by atoms with Crippen LogP contribution in [0, 0.1) is 5.92 Å². The van der Waals surface area contributed by atoms with Gasteiger partial charge in [-0.25, -0.2) is 4.79 Å². The molecule has 3 aromatic rings. The number of phenolic OH excluding ortho intramolecular Hbond substituents is 1. The van der Waals surface area contributed by atoms with Gasteiger partial charge in [0, 0.05) is 11.1 Å². The molecule has 10 nitrogen and oxygen atoms in total. The molecule has 0 fully saturated rings. The minimum Gasteiger partial charge on any atom is -0.506 e. The Balaban J connectivity index is 1.75. The highest BCUT2D eigenvalue weighted by molar-refractivity contribution is 6.08. The highest BCUT2D eigenvalue weighted by Gasteiger charge is 2.17. The lowest BCUT2D eigenvalue weighted by molar-refractivity contribution is 0.0695. The van der Waals surface area contributed by atoms with Crippen LogP contribution in [0.15, 0.2) is 54.6 Å². The van der Waals surface area contributed by atoms with Gasteiger partial charge in [0.15, 0.2) is 0 Å². The second-order valence-electron chi connectivity index (χ2n) is 9.28. The number of hydrogen-bond donors (Lipinski definition) is 5. The van der Waals surface area contributed by atoms with Gasteiger partial charge in [0.2, 0.25) is 0 Å². The molecule has 10 heteroatoms. The summed E-state index contributed by atoms with van der Waals surface area (Å²) in [4.78, 5) is 36.9. The fourth-order valence-corrected chi connectivity index (χ4v) is 3.33. The number of rotatable bonds is 10. The monoisotopic (exact) mass is 521 g/mol. The predicted octanol–water partition coefficient (Wildman–Crippen LogP) is 5.00. The minimum absolute atomic E-state index is 0.0103. The highest BCUT2D eigenvalue weighted by atomic mass is 16.5. The number of aromatic hydroxyl groups is 1.